The van der Waals surface area contributed by atoms with Crippen LogP contribution in [-0.4, -0.2) is 38.7 Å². The van der Waals surface area contributed by atoms with Crippen molar-refractivity contribution in [2.45, 2.75) is 19.6 Å². The van der Waals surface area contributed by atoms with Gasteiger partial charge in [-0.2, -0.15) is 0 Å². The van der Waals surface area contributed by atoms with Gasteiger partial charge in [0.2, 0.25) is 0 Å². The van der Waals surface area contributed by atoms with Crippen molar-refractivity contribution in [3.8, 4) is 5.69 Å². The monoisotopic (exact) mass is 334 g/mol. The summed E-state index contributed by atoms with van der Waals surface area (Å²) in [5.41, 5.74) is 0.186. The van der Waals surface area contributed by atoms with Crippen molar-refractivity contribution < 1.29 is 24.0 Å². The van der Waals surface area contributed by atoms with Gasteiger partial charge in [0.25, 0.3) is 5.72 Å². The van der Waals surface area contributed by atoms with E-state index in [2.05, 4.69) is 10.1 Å². The van der Waals surface area contributed by atoms with Crippen molar-refractivity contribution >= 4 is 17.4 Å². The summed E-state index contributed by atoms with van der Waals surface area (Å²) in [5, 5.41) is 13.9. The number of hydrogen-bond acceptors (Lipinski definition) is 6. The van der Waals surface area contributed by atoms with Crippen LogP contribution in [0.25, 0.3) is 5.69 Å². The SMILES string of the molecule is CC1=NOC1(C)N(OCC(=O)O)c1ccc(F)c(-n2ccnc2)c1. The first-order valence-electron chi connectivity index (χ1n) is 7.08. The van der Waals surface area contributed by atoms with E-state index < -0.39 is 24.1 Å². The molecule has 126 valence electrons. The van der Waals surface area contributed by atoms with Gasteiger partial charge in [0.15, 0.2) is 6.61 Å². The minimum Gasteiger partial charge on any atom is -0.479 e. The standard InChI is InChI=1S/C15H15FN4O4/c1-10-15(2,24-18-10)20(23-8-14(21)22)11-3-4-12(16)13(7-11)19-6-5-17-9-19/h3-7,9H,8H2,1-2H3,(H,21,22). The second kappa shape index (κ2) is 5.93. The lowest BCUT2D eigenvalue weighted by Gasteiger charge is -2.43. The largest absolute Gasteiger partial charge is 0.479 e. The molecule has 0 bridgehead atoms. The Morgan fingerprint density at radius 1 is 1.54 bits per heavy atom. The Morgan fingerprint density at radius 2 is 2.33 bits per heavy atom. The minimum atomic E-state index is -1.14. The summed E-state index contributed by atoms with van der Waals surface area (Å²) in [6.45, 7) is 2.82. The van der Waals surface area contributed by atoms with E-state index >= 15 is 0 Å². The maximum absolute atomic E-state index is 14.1. The Labute approximate surface area is 136 Å². The normalized spacial score (nSPS) is 19.2. The van der Waals surface area contributed by atoms with Gasteiger partial charge in [-0.25, -0.2) is 19.2 Å². The Kier molecular flexibility index (Phi) is 3.94. The van der Waals surface area contributed by atoms with E-state index in [0.717, 1.165) is 0 Å². The van der Waals surface area contributed by atoms with Crippen LogP contribution in [0.2, 0.25) is 0 Å². The van der Waals surface area contributed by atoms with E-state index in [1.54, 1.807) is 20.0 Å². The van der Waals surface area contributed by atoms with Crippen molar-refractivity contribution in [1.29, 1.82) is 0 Å². The van der Waals surface area contributed by atoms with E-state index in [9.17, 15) is 9.18 Å². The predicted octanol–water partition coefficient (Wildman–Crippen LogP) is 1.96. The second-order valence-corrected chi connectivity index (χ2v) is 5.32. The van der Waals surface area contributed by atoms with Gasteiger partial charge in [-0.05, 0) is 25.1 Å². The molecule has 1 aliphatic rings. The number of carbonyl (C=O) groups is 1. The lowest BCUT2D eigenvalue weighted by molar-refractivity contribution is -0.148. The lowest BCUT2D eigenvalue weighted by Crippen LogP contribution is -2.58. The molecule has 1 N–H and O–H groups in total. The quantitative estimate of drug-likeness (QED) is 0.812. The van der Waals surface area contributed by atoms with Crippen molar-refractivity contribution in [2.24, 2.45) is 5.16 Å². The Bertz CT molecular complexity index is 793. The first-order valence-corrected chi connectivity index (χ1v) is 7.08. The van der Waals surface area contributed by atoms with Gasteiger partial charge in [0.1, 0.15) is 11.5 Å². The van der Waals surface area contributed by atoms with E-state index in [0.29, 0.717) is 11.4 Å². The molecule has 0 spiro atoms. The number of carboxylic acids is 1. The zero-order valence-electron chi connectivity index (χ0n) is 13.0. The zero-order chi connectivity index (χ0) is 17.3. The topological polar surface area (TPSA) is 89.2 Å². The summed E-state index contributed by atoms with van der Waals surface area (Å²) in [6, 6.07) is 4.24. The van der Waals surface area contributed by atoms with Crippen LogP contribution < -0.4 is 5.06 Å². The molecule has 2 heterocycles. The summed E-state index contributed by atoms with van der Waals surface area (Å²) in [4.78, 5) is 25.3. The average molecular weight is 334 g/mol. The van der Waals surface area contributed by atoms with Crippen LogP contribution in [0.3, 0.4) is 0 Å². The van der Waals surface area contributed by atoms with Gasteiger partial charge in [0, 0.05) is 19.3 Å². The fourth-order valence-corrected chi connectivity index (χ4v) is 2.24. The summed E-state index contributed by atoms with van der Waals surface area (Å²) < 4.78 is 15.6. The second-order valence-electron chi connectivity index (χ2n) is 5.32. The third kappa shape index (κ3) is 2.69. The number of benzene rings is 1. The maximum Gasteiger partial charge on any atom is 0.332 e. The molecular weight excluding hydrogens is 319 g/mol. The Balaban J connectivity index is 2.00. The highest BCUT2D eigenvalue weighted by atomic mass is 19.1. The fourth-order valence-electron chi connectivity index (χ4n) is 2.24. The lowest BCUT2D eigenvalue weighted by atomic mass is 10.1. The molecule has 9 heteroatoms. The van der Waals surface area contributed by atoms with Crippen LogP contribution in [-0.2, 0) is 14.5 Å². The molecule has 1 atom stereocenters. The third-order valence-electron chi connectivity index (χ3n) is 3.68. The molecule has 1 aromatic heterocycles. The van der Waals surface area contributed by atoms with Crippen LogP contribution in [0.1, 0.15) is 13.8 Å². The van der Waals surface area contributed by atoms with Crippen molar-refractivity contribution in [3.63, 3.8) is 0 Å². The van der Waals surface area contributed by atoms with Crippen LogP contribution in [0.15, 0.2) is 42.1 Å². The number of nitrogens with zero attached hydrogens (tertiary/aromatic N) is 4. The molecule has 24 heavy (non-hydrogen) atoms. The smallest absolute Gasteiger partial charge is 0.332 e. The molecule has 0 saturated heterocycles. The molecule has 0 aliphatic carbocycles. The van der Waals surface area contributed by atoms with Gasteiger partial charge in [-0.3, -0.25) is 4.84 Å². The van der Waals surface area contributed by atoms with E-state index in [4.69, 9.17) is 14.8 Å². The summed E-state index contributed by atoms with van der Waals surface area (Å²) in [6.07, 6.45) is 4.58. The summed E-state index contributed by atoms with van der Waals surface area (Å²) >= 11 is 0. The molecule has 8 nitrogen and oxygen atoms in total. The zero-order valence-corrected chi connectivity index (χ0v) is 13.0. The Morgan fingerprint density at radius 3 is 2.88 bits per heavy atom. The predicted molar refractivity (Wildman–Crippen MR) is 82.2 cm³/mol. The van der Waals surface area contributed by atoms with E-state index in [1.807, 2.05) is 0 Å². The highest BCUT2D eigenvalue weighted by molar-refractivity contribution is 5.94. The molecule has 1 unspecified atom stereocenters. The molecule has 0 amide bonds. The van der Waals surface area contributed by atoms with Gasteiger partial charge in [0.05, 0.1) is 17.7 Å². The third-order valence-corrected chi connectivity index (χ3v) is 3.68. The molecule has 1 aliphatic heterocycles. The highest BCUT2D eigenvalue weighted by Crippen LogP contribution is 2.34. The van der Waals surface area contributed by atoms with Crippen LogP contribution in [0.4, 0.5) is 10.1 Å². The first kappa shape index (κ1) is 15.9. The number of aromatic nitrogens is 2. The summed E-state index contributed by atoms with van der Waals surface area (Å²) in [5.74, 6) is -1.60. The number of aliphatic carboxylic acids is 1. The summed E-state index contributed by atoms with van der Waals surface area (Å²) in [7, 11) is 0. The molecule has 0 saturated carbocycles. The van der Waals surface area contributed by atoms with Gasteiger partial charge in [-0.15, -0.1) is 0 Å². The minimum absolute atomic E-state index is 0.242. The maximum atomic E-state index is 14.1. The number of hydrogen-bond donors (Lipinski definition) is 1. The Hall–Kier alpha value is -2.94. The molecule has 0 radical (unpaired) electrons. The van der Waals surface area contributed by atoms with Crippen LogP contribution >= 0.6 is 0 Å². The number of rotatable bonds is 6. The number of hydroxylamine groups is 1. The number of halogens is 1. The van der Waals surface area contributed by atoms with Gasteiger partial charge in [-0.1, -0.05) is 5.16 Å². The highest BCUT2D eigenvalue weighted by Gasteiger charge is 2.46. The fraction of sp³-hybridized carbons (Fsp3) is 0.267. The number of anilines is 1. The van der Waals surface area contributed by atoms with Crippen molar-refractivity contribution in [3.05, 3.63) is 42.7 Å². The van der Waals surface area contributed by atoms with Crippen LogP contribution in [0.5, 0.6) is 0 Å². The number of imidazole rings is 1. The number of oxime groups is 1. The average Bonchev–Trinajstić information content (AvgIpc) is 3.08. The number of carboxylic acid groups (broad SMARTS) is 1. The molecule has 0 fully saturated rings. The van der Waals surface area contributed by atoms with Crippen molar-refractivity contribution in [2.75, 3.05) is 11.7 Å². The van der Waals surface area contributed by atoms with Crippen LogP contribution in [0, 0.1) is 5.82 Å². The molecule has 1 aromatic carbocycles. The molecule has 3 rings (SSSR count). The molecular formula is C15H15FN4O4. The molecule has 2 aromatic rings. The van der Waals surface area contributed by atoms with Gasteiger partial charge < -0.3 is 14.5 Å². The van der Waals surface area contributed by atoms with E-state index in [-0.39, 0.29) is 5.69 Å². The van der Waals surface area contributed by atoms with Gasteiger partial charge >= 0.3 is 5.97 Å². The van der Waals surface area contributed by atoms with E-state index in [1.165, 1.54) is 40.4 Å². The van der Waals surface area contributed by atoms with Crippen molar-refractivity contribution in [1.82, 2.24) is 9.55 Å². The first-order chi connectivity index (χ1) is 11.4.